The molecule has 0 amide bonds. The lowest BCUT2D eigenvalue weighted by Crippen LogP contribution is -2.37. The summed E-state index contributed by atoms with van der Waals surface area (Å²) in [6.45, 7) is 2.53. The lowest BCUT2D eigenvalue weighted by atomic mass is 9.88. The Morgan fingerprint density at radius 2 is 1.76 bits per heavy atom. The number of nitrogens with two attached hydrogens (primary N) is 1. The summed E-state index contributed by atoms with van der Waals surface area (Å²) in [6.07, 6.45) is 5.05. The molecule has 5 nitrogen and oxygen atoms in total. The Kier molecular flexibility index (Phi) is 12.7. The predicted molar refractivity (Wildman–Crippen MR) is 156 cm³/mol. The van der Waals surface area contributed by atoms with Crippen molar-refractivity contribution >= 4 is 43.4 Å². The molecule has 0 aliphatic rings. The molecule has 0 fully saturated rings. The van der Waals surface area contributed by atoms with E-state index in [-0.39, 0.29) is 12.4 Å². The van der Waals surface area contributed by atoms with Gasteiger partial charge in [0.2, 0.25) is 0 Å². The quantitative estimate of drug-likeness (QED) is 0.177. The van der Waals surface area contributed by atoms with Crippen LogP contribution in [-0.2, 0) is 17.6 Å². The number of benzene rings is 3. The van der Waals surface area contributed by atoms with Crippen molar-refractivity contribution in [1.82, 2.24) is 0 Å². The van der Waals surface area contributed by atoms with Gasteiger partial charge in [-0.1, -0.05) is 85.2 Å². The van der Waals surface area contributed by atoms with Gasteiger partial charge in [0.05, 0.1) is 0 Å². The summed E-state index contributed by atoms with van der Waals surface area (Å²) in [4.78, 5) is 20.4. The third kappa shape index (κ3) is 11.3. The molecule has 0 aliphatic carbocycles. The van der Waals surface area contributed by atoms with Crippen LogP contribution in [0.15, 0.2) is 94.5 Å². The molecule has 3 aromatic carbocycles. The molecule has 9 heteroatoms. The van der Waals surface area contributed by atoms with Gasteiger partial charge in [0.25, 0.3) is 0 Å². The van der Waals surface area contributed by atoms with Crippen LogP contribution in [0, 0.1) is 0 Å². The van der Waals surface area contributed by atoms with E-state index in [4.69, 9.17) is 31.9 Å². The Hall–Kier alpha value is -1.76. The molecular weight excluding hydrogens is 548 g/mol. The zero-order chi connectivity index (χ0) is 26.0. The van der Waals surface area contributed by atoms with Crippen molar-refractivity contribution in [2.45, 2.75) is 61.0 Å². The molecule has 0 spiro atoms. The minimum absolute atomic E-state index is 0. The Balaban J connectivity index is 0.00000481. The highest BCUT2D eigenvalue weighted by Crippen LogP contribution is 2.38. The van der Waals surface area contributed by atoms with Crippen molar-refractivity contribution < 1.29 is 19.1 Å². The van der Waals surface area contributed by atoms with E-state index in [1.165, 1.54) is 6.08 Å². The molecule has 0 aromatic heterocycles. The van der Waals surface area contributed by atoms with E-state index >= 15 is 0 Å². The molecule has 37 heavy (non-hydrogen) atoms. The number of hydrogen-bond donors (Lipinski definition) is 3. The minimum Gasteiger partial charge on any atom is -0.489 e. The highest BCUT2D eigenvalue weighted by molar-refractivity contribution is 7.99. The van der Waals surface area contributed by atoms with E-state index in [1.807, 2.05) is 73.7 Å². The van der Waals surface area contributed by atoms with Crippen LogP contribution in [0.1, 0.15) is 43.7 Å². The van der Waals surface area contributed by atoms with Gasteiger partial charge >= 0.3 is 7.60 Å². The van der Waals surface area contributed by atoms with E-state index < -0.39 is 13.1 Å². The van der Waals surface area contributed by atoms with E-state index in [0.29, 0.717) is 24.5 Å². The third-order valence-electron chi connectivity index (χ3n) is 5.72. The maximum absolute atomic E-state index is 11.2. The molecule has 0 radical (unpaired) electrons. The molecule has 3 aromatic rings. The average molecular weight is 583 g/mol. The molecule has 0 saturated heterocycles. The van der Waals surface area contributed by atoms with Crippen LogP contribution in [0.2, 0.25) is 5.02 Å². The lowest BCUT2D eigenvalue weighted by Gasteiger charge is -2.26. The molecule has 4 N–H and O–H groups in total. The third-order valence-corrected chi connectivity index (χ3v) is 7.59. The van der Waals surface area contributed by atoms with Gasteiger partial charge in [-0.2, -0.15) is 0 Å². The summed E-state index contributed by atoms with van der Waals surface area (Å²) in [5, 5.41) is 0.695. The van der Waals surface area contributed by atoms with Gasteiger partial charge in [0.1, 0.15) is 12.4 Å². The summed E-state index contributed by atoms with van der Waals surface area (Å²) >= 11 is 8.21. The summed E-state index contributed by atoms with van der Waals surface area (Å²) in [5.41, 5.74) is 7.82. The zero-order valence-electron chi connectivity index (χ0n) is 20.8. The lowest BCUT2D eigenvalue weighted by molar-refractivity contribution is 0.305. The van der Waals surface area contributed by atoms with Crippen LogP contribution in [0.5, 0.6) is 5.75 Å². The van der Waals surface area contributed by atoms with Gasteiger partial charge in [0, 0.05) is 26.2 Å². The molecule has 1 unspecified atom stereocenters. The van der Waals surface area contributed by atoms with Crippen molar-refractivity contribution in [2.75, 3.05) is 0 Å². The first kappa shape index (κ1) is 31.5. The summed E-state index contributed by atoms with van der Waals surface area (Å²) in [6, 6.07) is 24.1. The van der Waals surface area contributed by atoms with Crippen LogP contribution in [-0.4, -0.2) is 15.3 Å². The standard InChI is InChI=1S/C28H33ClNO4PS.ClH/c1-2-15-28(30,17-18-35(31,32)33)16-7-10-23-13-14-26(20-27(23)29)36-25-12-6-11-24(19-25)34-21-22-8-4-3-5-9-22;/h3-6,8-9,11-14,17-20H,2,7,10,15-16,21,30H2,1H3,(H2,31,32,33);1H. The fraction of sp³-hybridized carbons (Fsp3) is 0.286. The smallest absolute Gasteiger partial charge is 0.348 e. The van der Waals surface area contributed by atoms with E-state index in [9.17, 15) is 4.57 Å². The van der Waals surface area contributed by atoms with Gasteiger partial charge in [-0.3, -0.25) is 4.57 Å². The maximum Gasteiger partial charge on any atom is 0.348 e. The van der Waals surface area contributed by atoms with E-state index in [0.717, 1.165) is 51.7 Å². The first-order valence-corrected chi connectivity index (χ1v) is 14.8. The van der Waals surface area contributed by atoms with Crippen molar-refractivity contribution in [3.63, 3.8) is 0 Å². The van der Waals surface area contributed by atoms with Gasteiger partial charge in [-0.15, -0.1) is 12.4 Å². The van der Waals surface area contributed by atoms with Crippen molar-refractivity contribution in [3.05, 3.63) is 101 Å². The van der Waals surface area contributed by atoms with Gasteiger partial charge < -0.3 is 20.3 Å². The predicted octanol–water partition coefficient (Wildman–Crippen LogP) is 8.00. The van der Waals surface area contributed by atoms with Crippen LogP contribution >= 0.6 is 43.4 Å². The minimum atomic E-state index is -4.23. The molecule has 0 bridgehead atoms. The Labute approximate surface area is 235 Å². The zero-order valence-corrected chi connectivity index (χ0v) is 24.0. The van der Waals surface area contributed by atoms with Crippen LogP contribution < -0.4 is 10.5 Å². The topological polar surface area (TPSA) is 92.8 Å². The number of halogens is 2. The second-order valence-electron chi connectivity index (χ2n) is 8.85. The van der Waals surface area contributed by atoms with Gasteiger partial charge in [0.15, 0.2) is 0 Å². The average Bonchev–Trinajstić information content (AvgIpc) is 2.84. The monoisotopic (exact) mass is 581 g/mol. The Morgan fingerprint density at radius 1 is 1.03 bits per heavy atom. The van der Waals surface area contributed by atoms with Crippen molar-refractivity contribution in [1.29, 1.82) is 0 Å². The summed E-state index contributed by atoms with van der Waals surface area (Å²) in [5.74, 6) is 1.74. The van der Waals surface area contributed by atoms with E-state index in [1.54, 1.807) is 11.8 Å². The number of rotatable bonds is 13. The van der Waals surface area contributed by atoms with Crippen LogP contribution in [0.4, 0.5) is 0 Å². The largest absolute Gasteiger partial charge is 0.489 e. The highest BCUT2D eigenvalue weighted by Gasteiger charge is 2.22. The second kappa shape index (κ2) is 15.0. The molecule has 0 saturated carbocycles. The number of hydrogen-bond acceptors (Lipinski definition) is 4. The first-order valence-electron chi connectivity index (χ1n) is 11.9. The molecule has 0 heterocycles. The van der Waals surface area contributed by atoms with Crippen molar-refractivity contribution in [3.8, 4) is 5.75 Å². The Morgan fingerprint density at radius 3 is 2.43 bits per heavy atom. The molecule has 0 aliphatic heterocycles. The van der Waals surface area contributed by atoms with Crippen LogP contribution in [0.25, 0.3) is 0 Å². The fourth-order valence-electron chi connectivity index (χ4n) is 3.91. The Bertz CT molecular complexity index is 1210. The number of ether oxygens (including phenoxy) is 1. The summed E-state index contributed by atoms with van der Waals surface area (Å²) in [7, 11) is -4.23. The number of aryl methyl sites for hydroxylation is 1. The van der Waals surface area contributed by atoms with E-state index in [2.05, 4.69) is 6.07 Å². The molecule has 200 valence electrons. The first-order chi connectivity index (χ1) is 17.2. The van der Waals surface area contributed by atoms with Crippen molar-refractivity contribution in [2.24, 2.45) is 5.73 Å². The fourth-order valence-corrected chi connectivity index (χ4v) is 5.65. The molecular formula is C28H34Cl2NO4PS. The summed E-state index contributed by atoms with van der Waals surface area (Å²) < 4.78 is 17.2. The molecule has 3 rings (SSSR count). The van der Waals surface area contributed by atoms with Gasteiger partial charge in [-0.25, -0.2) is 0 Å². The maximum atomic E-state index is 11.2. The normalized spacial score (nSPS) is 13.2. The SMILES string of the molecule is CCCC(N)(C=CP(=O)(O)O)CCCc1ccc(Sc2cccc(OCc3ccccc3)c2)cc1Cl.Cl. The second-order valence-corrected chi connectivity index (χ2v) is 11.9. The van der Waals surface area contributed by atoms with Crippen LogP contribution in [0.3, 0.4) is 0 Å². The van der Waals surface area contributed by atoms with Gasteiger partial charge in [-0.05, 0) is 67.1 Å². The highest BCUT2D eigenvalue weighted by atomic mass is 35.5. The molecule has 1 atom stereocenters.